The fourth-order valence-corrected chi connectivity index (χ4v) is 4.14. The van der Waals surface area contributed by atoms with Gasteiger partial charge in [-0.1, -0.05) is 0 Å². The molecule has 9 heteroatoms. The smallest absolute Gasteiger partial charge is 0.274 e. The van der Waals surface area contributed by atoms with Gasteiger partial charge < -0.3 is 19.0 Å². The SMILES string of the molecule is Cn1cc(-c2cc(NS(C)(=O)=O)ccc2OC2CCCOC2)c2cc[nH]c2c1=O. The molecule has 1 aromatic carbocycles. The molecule has 2 N–H and O–H groups in total. The molecule has 0 aliphatic carbocycles. The van der Waals surface area contributed by atoms with E-state index in [2.05, 4.69) is 9.71 Å². The van der Waals surface area contributed by atoms with Gasteiger partial charge in [0.25, 0.3) is 5.56 Å². The quantitative estimate of drug-likeness (QED) is 0.664. The number of rotatable bonds is 5. The molecule has 1 atom stereocenters. The average Bonchev–Trinajstić information content (AvgIpc) is 3.16. The van der Waals surface area contributed by atoms with Crippen LogP contribution in [-0.2, 0) is 21.8 Å². The maximum atomic E-state index is 12.4. The lowest BCUT2D eigenvalue weighted by Gasteiger charge is -2.25. The number of aromatic nitrogens is 2. The summed E-state index contributed by atoms with van der Waals surface area (Å²) in [7, 11) is -1.75. The van der Waals surface area contributed by atoms with E-state index in [0.717, 1.165) is 36.7 Å². The number of H-pyrrole nitrogens is 1. The van der Waals surface area contributed by atoms with Crippen LogP contribution in [0.15, 0.2) is 41.5 Å². The van der Waals surface area contributed by atoms with Crippen molar-refractivity contribution in [3.8, 4) is 16.9 Å². The van der Waals surface area contributed by atoms with E-state index in [1.54, 1.807) is 37.6 Å². The van der Waals surface area contributed by atoms with E-state index in [0.29, 0.717) is 29.1 Å². The van der Waals surface area contributed by atoms with Crippen LogP contribution in [0.3, 0.4) is 0 Å². The molecule has 3 aromatic rings. The monoisotopic (exact) mass is 417 g/mol. The first-order valence-electron chi connectivity index (χ1n) is 9.35. The van der Waals surface area contributed by atoms with Gasteiger partial charge in [0.05, 0.1) is 12.9 Å². The number of aryl methyl sites for hydroxylation is 1. The van der Waals surface area contributed by atoms with E-state index in [4.69, 9.17) is 9.47 Å². The third-order valence-corrected chi connectivity index (χ3v) is 5.49. The number of fused-ring (bicyclic) bond motifs is 1. The molecule has 1 unspecified atom stereocenters. The molecule has 4 rings (SSSR count). The second kappa shape index (κ2) is 7.57. The fourth-order valence-electron chi connectivity index (χ4n) is 3.59. The summed E-state index contributed by atoms with van der Waals surface area (Å²) >= 11 is 0. The van der Waals surface area contributed by atoms with Gasteiger partial charge in [-0.15, -0.1) is 0 Å². The first kappa shape index (κ1) is 19.5. The number of nitrogens with one attached hydrogen (secondary N) is 2. The number of aromatic amines is 1. The molecule has 0 bridgehead atoms. The second-order valence-corrected chi connectivity index (χ2v) is 9.02. The molecule has 0 radical (unpaired) electrons. The van der Waals surface area contributed by atoms with Gasteiger partial charge in [-0.2, -0.15) is 0 Å². The summed E-state index contributed by atoms with van der Waals surface area (Å²) in [6.07, 6.45) is 6.29. The molecule has 3 heterocycles. The summed E-state index contributed by atoms with van der Waals surface area (Å²) in [6.45, 7) is 1.24. The van der Waals surface area contributed by atoms with E-state index in [-0.39, 0.29) is 11.7 Å². The zero-order chi connectivity index (χ0) is 20.6. The normalized spacial score (nSPS) is 17.4. The van der Waals surface area contributed by atoms with Crippen LogP contribution in [0.4, 0.5) is 5.69 Å². The van der Waals surface area contributed by atoms with E-state index in [9.17, 15) is 13.2 Å². The van der Waals surface area contributed by atoms with Crippen molar-refractivity contribution in [1.82, 2.24) is 9.55 Å². The molecule has 1 aliphatic heterocycles. The third kappa shape index (κ3) is 4.15. The van der Waals surface area contributed by atoms with Crippen LogP contribution < -0.4 is 15.0 Å². The molecule has 0 spiro atoms. The van der Waals surface area contributed by atoms with E-state index in [1.165, 1.54) is 4.57 Å². The number of benzene rings is 1. The highest BCUT2D eigenvalue weighted by atomic mass is 32.2. The van der Waals surface area contributed by atoms with Gasteiger partial charge in [0.1, 0.15) is 17.4 Å². The number of pyridine rings is 1. The molecular formula is C20H23N3O5S. The van der Waals surface area contributed by atoms with Crippen LogP contribution in [0.25, 0.3) is 22.0 Å². The molecule has 1 saturated heterocycles. The van der Waals surface area contributed by atoms with Crippen molar-refractivity contribution in [2.75, 3.05) is 24.2 Å². The fraction of sp³-hybridized carbons (Fsp3) is 0.350. The van der Waals surface area contributed by atoms with Crippen LogP contribution >= 0.6 is 0 Å². The highest BCUT2D eigenvalue weighted by Crippen LogP contribution is 2.37. The lowest BCUT2D eigenvalue weighted by molar-refractivity contribution is 0.00769. The molecule has 1 fully saturated rings. The molecule has 0 amide bonds. The largest absolute Gasteiger partial charge is 0.487 e. The number of hydrogen-bond acceptors (Lipinski definition) is 5. The summed E-state index contributed by atoms with van der Waals surface area (Å²) in [5.41, 5.74) is 2.24. The van der Waals surface area contributed by atoms with Gasteiger partial charge in [0, 0.05) is 48.2 Å². The maximum Gasteiger partial charge on any atom is 0.274 e. The summed E-state index contributed by atoms with van der Waals surface area (Å²) < 4.78 is 39.2. The topological polar surface area (TPSA) is 102 Å². The maximum absolute atomic E-state index is 12.4. The molecule has 29 heavy (non-hydrogen) atoms. The zero-order valence-electron chi connectivity index (χ0n) is 16.3. The highest BCUT2D eigenvalue weighted by Gasteiger charge is 2.20. The van der Waals surface area contributed by atoms with Gasteiger partial charge in [-0.05, 0) is 37.1 Å². The Morgan fingerprint density at radius 2 is 2.10 bits per heavy atom. The molecule has 154 valence electrons. The first-order valence-corrected chi connectivity index (χ1v) is 11.2. The van der Waals surface area contributed by atoms with Crippen LogP contribution in [0.5, 0.6) is 5.75 Å². The van der Waals surface area contributed by atoms with Crippen LogP contribution in [0.1, 0.15) is 12.8 Å². The number of nitrogens with zero attached hydrogens (tertiary/aromatic N) is 1. The van der Waals surface area contributed by atoms with Gasteiger partial charge in [0.2, 0.25) is 10.0 Å². The Morgan fingerprint density at radius 1 is 1.28 bits per heavy atom. The number of anilines is 1. The predicted octanol–water partition coefficient (Wildman–Crippen LogP) is 2.46. The first-order chi connectivity index (χ1) is 13.8. The average molecular weight is 417 g/mol. The minimum Gasteiger partial charge on any atom is -0.487 e. The summed E-state index contributed by atoms with van der Waals surface area (Å²) in [4.78, 5) is 15.4. The van der Waals surface area contributed by atoms with Crippen LogP contribution in [0.2, 0.25) is 0 Å². The molecular weight excluding hydrogens is 394 g/mol. The van der Waals surface area contributed by atoms with Gasteiger partial charge in [-0.3, -0.25) is 9.52 Å². The second-order valence-electron chi connectivity index (χ2n) is 7.27. The van der Waals surface area contributed by atoms with Gasteiger partial charge in [-0.25, -0.2) is 8.42 Å². The molecule has 1 aliphatic rings. The highest BCUT2D eigenvalue weighted by molar-refractivity contribution is 7.92. The van der Waals surface area contributed by atoms with Crippen molar-refractivity contribution in [2.45, 2.75) is 18.9 Å². The summed E-state index contributed by atoms with van der Waals surface area (Å²) in [6, 6.07) is 6.98. The number of sulfonamides is 1. The number of ether oxygens (including phenoxy) is 2. The minimum atomic E-state index is -3.43. The Morgan fingerprint density at radius 3 is 2.83 bits per heavy atom. The Hall–Kier alpha value is -2.78. The standard InChI is InChI=1S/C20H23N3O5S/c1-23-11-17(15-7-8-21-19(15)20(23)24)16-10-13(22-29(2,25)26)5-6-18(16)28-14-4-3-9-27-12-14/h5-8,10-11,14,21-22H,3-4,9,12H2,1-2H3. The van der Waals surface area contributed by atoms with E-state index in [1.807, 2.05) is 6.07 Å². The Labute approximate surface area is 168 Å². The lowest BCUT2D eigenvalue weighted by atomic mass is 10.0. The predicted molar refractivity (Wildman–Crippen MR) is 112 cm³/mol. The molecule has 2 aromatic heterocycles. The Bertz CT molecular complexity index is 1210. The van der Waals surface area contributed by atoms with Gasteiger partial charge in [0.15, 0.2) is 0 Å². The van der Waals surface area contributed by atoms with Crippen molar-refractivity contribution in [1.29, 1.82) is 0 Å². The molecule has 0 saturated carbocycles. The van der Waals surface area contributed by atoms with E-state index >= 15 is 0 Å². The third-order valence-electron chi connectivity index (χ3n) is 4.88. The summed E-state index contributed by atoms with van der Waals surface area (Å²) in [5, 5.41) is 0.745. The zero-order valence-corrected chi connectivity index (χ0v) is 17.1. The van der Waals surface area contributed by atoms with Crippen LogP contribution in [-0.4, -0.2) is 43.5 Å². The molecule has 8 nitrogen and oxygen atoms in total. The van der Waals surface area contributed by atoms with E-state index < -0.39 is 10.0 Å². The minimum absolute atomic E-state index is 0.0783. The summed E-state index contributed by atoms with van der Waals surface area (Å²) in [5.74, 6) is 0.612. The lowest BCUT2D eigenvalue weighted by Crippen LogP contribution is -2.28. The van der Waals surface area contributed by atoms with Crippen molar-refractivity contribution < 1.29 is 17.9 Å². The van der Waals surface area contributed by atoms with Crippen molar-refractivity contribution in [3.05, 3.63) is 47.0 Å². The van der Waals surface area contributed by atoms with Crippen molar-refractivity contribution in [2.24, 2.45) is 7.05 Å². The van der Waals surface area contributed by atoms with Gasteiger partial charge >= 0.3 is 0 Å². The Kier molecular flexibility index (Phi) is 5.10. The van der Waals surface area contributed by atoms with Crippen molar-refractivity contribution >= 4 is 26.6 Å². The van der Waals surface area contributed by atoms with Crippen molar-refractivity contribution in [3.63, 3.8) is 0 Å². The number of hydrogen-bond donors (Lipinski definition) is 2. The Balaban J connectivity index is 1.87. The van der Waals surface area contributed by atoms with Crippen LogP contribution in [0, 0.1) is 0 Å².